The van der Waals surface area contributed by atoms with Gasteiger partial charge in [-0.05, 0) is 37.9 Å². The van der Waals surface area contributed by atoms with E-state index in [1.54, 1.807) is 20.3 Å². The van der Waals surface area contributed by atoms with Gasteiger partial charge in [0, 0.05) is 19.2 Å². The monoisotopic (exact) mass is 314 g/mol. The number of carbonyl (C=O) groups excluding carboxylic acids is 1. The number of nitrogens with one attached hydrogen (secondary N) is 1. The minimum Gasteiger partial charge on any atom is -0.493 e. The molecule has 0 aliphatic carbocycles. The zero-order valence-electron chi connectivity index (χ0n) is 12.9. The molecule has 0 heterocycles. The highest BCUT2D eigenvalue weighted by Gasteiger charge is 2.03. The molecule has 0 aromatic heterocycles. The first kappa shape index (κ1) is 19.3. The maximum atomic E-state index is 11.6. The molecule has 0 saturated carbocycles. The first-order valence-corrected chi connectivity index (χ1v) is 6.39. The molecule has 5 nitrogen and oxygen atoms in total. The molecule has 0 bridgehead atoms. The molecular weight excluding hydrogens is 292 g/mol. The fourth-order valence-electron chi connectivity index (χ4n) is 1.59. The number of rotatable bonds is 7. The molecule has 0 radical (unpaired) electrons. The molecule has 1 rings (SSSR count). The summed E-state index contributed by atoms with van der Waals surface area (Å²) < 4.78 is 10.4. The summed E-state index contributed by atoms with van der Waals surface area (Å²) in [5, 5.41) is 2.81. The lowest BCUT2D eigenvalue weighted by molar-refractivity contribution is -0.116. The van der Waals surface area contributed by atoms with Crippen LogP contribution in [-0.4, -0.2) is 52.2 Å². The van der Waals surface area contributed by atoms with Crippen molar-refractivity contribution in [1.82, 2.24) is 10.2 Å². The average molecular weight is 315 g/mol. The van der Waals surface area contributed by atoms with E-state index in [1.807, 2.05) is 37.2 Å². The number of hydrogen-bond donors (Lipinski definition) is 1. The van der Waals surface area contributed by atoms with E-state index in [2.05, 4.69) is 5.32 Å². The summed E-state index contributed by atoms with van der Waals surface area (Å²) >= 11 is 0. The third kappa shape index (κ3) is 7.02. The van der Waals surface area contributed by atoms with E-state index < -0.39 is 0 Å². The number of ether oxygens (including phenoxy) is 2. The maximum Gasteiger partial charge on any atom is 0.244 e. The zero-order chi connectivity index (χ0) is 15.0. The molecule has 1 N–H and O–H groups in total. The minimum absolute atomic E-state index is 0. The van der Waals surface area contributed by atoms with Crippen LogP contribution in [0.4, 0.5) is 0 Å². The first-order chi connectivity index (χ1) is 9.56. The summed E-state index contributed by atoms with van der Waals surface area (Å²) in [7, 11) is 7.10. The summed E-state index contributed by atoms with van der Waals surface area (Å²) in [6, 6.07) is 5.50. The average Bonchev–Trinajstić information content (AvgIpc) is 2.44. The van der Waals surface area contributed by atoms with Crippen molar-refractivity contribution in [2.75, 3.05) is 41.4 Å². The summed E-state index contributed by atoms with van der Waals surface area (Å²) in [4.78, 5) is 13.6. The number of benzene rings is 1. The van der Waals surface area contributed by atoms with Crippen molar-refractivity contribution >= 4 is 24.4 Å². The van der Waals surface area contributed by atoms with Crippen LogP contribution in [0, 0.1) is 0 Å². The van der Waals surface area contributed by atoms with E-state index in [0.29, 0.717) is 18.0 Å². The molecule has 6 heteroatoms. The predicted molar refractivity (Wildman–Crippen MR) is 87.4 cm³/mol. The maximum absolute atomic E-state index is 11.6. The molecule has 0 unspecified atom stereocenters. The highest BCUT2D eigenvalue weighted by molar-refractivity contribution is 5.91. The van der Waals surface area contributed by atoms with Crippen LogP contribution in [0.25, 0.3) is 6.08 Å². The fraction of sp³-hybridized carbons (Fsp3) is 0.400. The van der Waals surface area contributed by atoms with Crippen LogP contribution in [0.3, 0.4) is 0 Å². The standard InChI is InChI=1S/C15H22N2O3.ClH/c1-17(2)10-9-16-15(18)8-6-12-5-7-13(19-3)14(11-12)20-4;/h5-8,11H,9-10H2,1-4H3,(H,16,18);1H/b8-6+;. The number of amides is 1. The van der Waals surface area contributed by atoms with Gasteiger partial charge >= 0.3 is 0 Å². The summed E-state index contributed by atoms with van der Waals surface area (Å²) in [5.41, 5.74) is 0.880. The van der Waals surface area contributed by atoms with E-state index in [4.69, 9.17) is 9.47 Å². The SMILES string of the molecule is COc1ccc(/C=C/C(=O)NCCN(C)C)cc1OC.Cl. The van der Waals surface area contributed by atoms with Crippen molar-refractivity contribution in [3.05, 3.63) is 29.8 Å². The lowest BCUT2D eigenvalue weighted by Gasteiger charge is -2.09. The van der Waals surface area contributed by atoms with Gasteiger partial charge in [-0.3, -0.25) is 4.79 Å². The summed E-state index contributed by atoms with van der Waals surface area (Å²) in [5.74, 6) is 1.20. The smallest absolute Gasteiger partial charge is 0.244 e. The molecule has 21 heavy (non-hydrogen) atoms. The zero-order valence-corrected chi connectivity index (χ0v) is 13.7. The molecule has 0 fully saturated rings. The Labute approximate surface area is 132 Å². The molecule has 0 aliphatic heterocycles. The minimum atomic E-state index is -0.110. The largest absolute Gasteiger partial charge is 0.493 e. The number of carbonyl (C=O) groups is 1. The van der Waals surface area contributed by atoms with E-state index in [9.17, 15) is 4.79 Å². The van der Waals surface area contributed by atoms with Gasteiger partial charge in [0.2, 0.25) is 5.91 Å². The Morgan fingerprint density at radius 1 is 1.24 bits per heavy atom. The Morgan fingerprint density at radius 2 is 1.90 bits per heavy atom. The van der Waals surface area contributed by atoms with Gasteiger partial charge < -0.3 is 19.7 Å². The number of methoxy groups -OCH3 is 2. The Morgan fingerprint density at radius 3 is 2.48 bits per heavy atom. The molecule has 0 saturated heterocycles. The number of likely N-dealkylation sites (N-methyl/N-ethyl adjacent to an activating group) is 1. The number of halogens is 1. The van der Waals surface area contributed by atoms with Crippen LogP contribution in [0.2, 0.25) is 0 Å². The Kier molecular flexibility index (Phi) is 9.25. The van der Waals surface area contributed by atoms with Gasteiger partial charge in [-0.25, -0.2) is 0 Å². The van der Waals surface area contributed by atoms with Gasteiger partial charge in [-0.15, -0.1) is 12.4 Å². The van der Waals surface area contributed by atoms with Crippen molar-refractivity contribution in [2.45, 2.75) is 0 Å². The third-order valence-corrected chi connectivity index (χ3v) is 2.69. The number of nitrogens with zero attached hydrogens (tertiary/aromatic N) is 1. The van der Waals surface area contributed by atoms with Gasteiger partial charge in [-0.1, -0.05) is 6.07 Å². The quantitative estimate of drug-likeness (QED) is 0.780. The lowest BCUT2D eigenvalue weighted by Crippen LogP contribution is -2.30. The Bertz CT molecular complexity index is 476. The molecule has 0 aliphatic rings. The second-order valence-corrected chi connectivity index (χ2v) is 4.54. The molecular formula is C15H23ClN2O3. The molecule has 1 aromatic rings. The third-order valence-electron chi connectivity index (χ3n) is 2.69. The molecule has 118 valence electrons. The summed E-state index contributed by atoms with van der Waals surface area (Å²) in [6.07, 6.45) is 3.25. The second-order valence-electron chi connectivity index (χ2n) is 4.54. The van der Waals surface area contributed by atoms with Crippen molar-refractivity contribution < 1.29 is 14.3 Å². The van der Waals surface area contributed by atoms with Crippen LogP contribution in [0.1, 0.15) is 5.56 Å². The molecule has 1 aromatic carbocycles. The van der Waals surface area contributed by atoms with Crippen LogP contribution in [-0.2, 0) is 4.79 Å². The predicted octanol–water partition coefficient (Wildman–Crippen LogP) is 1.82. The van der Waals surface area contributed by atoms with Gasteiger partial charge in [-0.2, -0.15) is 0 Å². The van der Waals surface area contributed by atoms with Crippen LogP contribution in [0.5, 0.6) is 11.5 Å². The Hall–Kier alpha value is -1.72. The van der Waals surface area contributed by atoms with Crippen LogP contribution in [0.15, 0.2) is 24.3 Å². The molecule has 0 atom stereocenters. The second kappa shape index (κ2) is 10.1. The lowest BCUT2D eigenvalue weighted by atomic mass is 10.2. The van der Waals surface area contributed by atoms with Crippen LogP contribution >= 0.6 is 12.4 Å². The molecule has 0 spiro atoms. The van der Waals surface area contributed by atoms with E-state index in [1.165, 1.54) is 6.08 Å². The number of hydrogen-bond acceptors (Lipinski definition) is 4. The van der Waals surface area contributed by atoms with Gasteiger partial charge in [0.25, 0.3) is 0 Å². The van der Waals surface area contributed by atoms with Crippen molar-refractivity contribution in [1.29, 1.82) is 0 Å². The van der Waals surface area contributed by atoms with Gasteiger partial charge in [0.15, 0.2) is 11.5 Å². The Balaban J connectivity index is 0.00000400. The van der Waals surface area contributed by atoms with Gasteiger partial charge in [0.1, 0.15) is 0 Å². The van der Waals surface area contributed by atoms with Crippen molar-refractivity contribution in [2.24, 2.45) is 0 Å². The van der Waals surface area contributed by atoms with E-state index in [-0.39, 0.29) is 18.3 Å². The van der Waals surface area contributed by atoms with E-state index >= 15 is 0 Å². The van der Waals surface area contributed by atoms with Crippen molar-refractivity contribution in [3.63, 3.8) is 0 Å². The highest BCUT2D eigenvalue weighted by atomic mass is 35.5. The normalized spacial score (nSPS) is 10.3. The fourth-order valence-corrected chi connectivity index (χ4v) is 1.59. The van der Waals surface area contributed by atoms with Gasteiger partial charge in [0.05, 0.1) is 14.2 Å². The van der Waals surface area contributed by atoms with Crippen molar-refractivity contribution in [3.8, 4) is 11.5 Å². The van der Waals surface area contributed by atoms with Crippen LogP contribution < -0.4 is 14.8 Å². The topological polar surface area (TPSA) is 50.8 Å². The molecule has 1 amide bonds. The first-order valence-electron chi connectivity index (χ1n) is 6.39. The highest BCUT2D eigenvalue weighted by Crippen LogP contribution is 2.27. The summed E-state index contributed by atoms with van der Waals surface area (Å²) in [6.45, 7) is 1.44. The van der Waals surface area contributed by atoms with E-state index in [0.717, 1.165) is 12.1 Å².